The van der Waals surface area contributed by atoms with Crippen LogP contribution in [0.25, 0.3) is 5.82 Å². The summed E-state index contributed by atoms with van der Waals surface area (Å²) in [7, 11) is 0. The maximum absolute atomic E-state index is 5.83. The first-order chi connectivity index (χ1) is 7.33. The van der Waals surface area contributed by atoms with Gasteiger partial charge in [0.05, 0.1) is 0 Å². The molecule has 0 atom stereocenters. The molecule has 0 saturated heterocycles. The molecule has 3 nitrogen and oxygen atoms in total. The van der Waals surface area contributed by atoms with Gasteiger partial charge >= 0.3 is 0 Å². The summed E-state index contributed by atoms with van der Waals surface area (Å²) in [6.45, 7) is 2.08. The first kappa shape index (κ1) is 10.2. The van der Waals surface area contributed by atoms with Gasteiger partial charge in [-0.15, -0.1) is 11.6 Å². The first-order valence-electron chi connectivity index (χ1n) is 4.89. The van der Waals surface area contributed by atoms with Crippen LogP contribution in [0, 0.1) is 0 Å². The predicted octanol–water partition coefficient (Wildman–Crippen LogP) is 2.57. The van der Waals surface area contributed by atoms with Crippen LogP contribution in [0.1, 0.15) is 18.2 Å². The highest BCUT2D eigenvalue weighted by molar-refractivity contribution is 6.17. The third kappa shape index (κ3) is 2.18. The largest absolute Gasteiger partial charge is 0.234 e. The lowest BCUT2D eigenvalue weighted by Gasteiger charge is -2.05. The van der Waals surface area contributed by atoms with E-state index in [1.807, 2.05) is 24.4 Å². The third-order valence-corrected chi connectivity index (χ3v) is 2.49. The minimum absolute atomic E-state index is 0.504. The van der Waals surface area contributed by atoms with Gasteiger partial charge in [-0.1, -0.05) is 6.92 Å². The van der Waals surface area contributed by atoms with Gasteiger partial charge in [0.15, 0.2) is 5.82 Å². The highest BCUT2D eigenvalue weighted by Gasteiger charge is 2.03. The molecular formula is C11H12ClN3. The molecule has 78 valence electrons. The Labute approximate surface area is 93.7 Å². The number of halogens is 1. The fraction of sp³-hybridized carbons (Fsp3) is 0.273. The molecule has 2 aromatic heterocycles. The summed E-state index contributed by atoms with van der Waals surface area (Å²) in [5.74, 6) is 1.33. The molecule has 0 amide bonds. The lowest BCUT2D eigenvalue weighted by atomic mass is 10.2. The molecule has 4 heteroatoms. The molecule has 2 aromatic rings. The Bertz CT molecular complexity index is 415. The molecule has 0 aliphatic carbocycles. The predicted molar refractivity (Wildman–Crippen MR) is 60.3 cm³/mol. The van der Waals surface area contributed by atoms with Crippen molar-refractivity contribution in [1.29, 1.82) is 0 Å². The van der Waals surface area contributed by atoms with Crippen LogP contribution in [0.3, 0.4) is 0 Å². The number of rotatable bonds is 3. The van der Waals surface area contributed by atoms with Gasteiger partial charge in [0.2, 0.25) is 0 Å². The summed E-state index contributed by atoms with van der Waals surface area (Å²) in [5.41, 5.74) is 2.12. The molecule has 0 spiro atoms. The summed E-state index contributed by atoms with van der Waals surface area (Å²) < 4.78 is 1.75. The lowest BCUT2D eigenvalue weighted by molar-refractivity contribution is 0.829. The molecule has 0 saturated carbocycles. The van der Waals surface area contributed by atoms with Crippen molar-refractivity contribution < 1.29 is 0 Å². The van der Waals surface area contributed by atoms with Crippen molar-refractivity contribution in [2.75, 3.05) is 0 Å². The number of aromatic nitrogens is 3. The molecule has 2 rings (SSSR count). The first-order valence-corrected chi connectivity index (χ1v) is 5.42. The van der Waals surface area contributed by atoms with E-state index in [0.717, 1.165) is 23.5 Å². The summed E-state index contributed by atoms with van der Waals surface area (Å²) >= 11 is 5.83. The second-order valence-electron chi connectivity index (χ2n) is 3.26. The van der Waals surface area contributed by atoms with Gasteiger partial charge in [-0.25, -0.2) is 9.67 Å². The van der Waals surface area contributed by atoms with Crippen molar-refractivity contribution in [2.24, 2.45) is 0 Å². The Morgan fingerprint density at radius 3 is 2.87 bits per heavy atom. The van der Waals surface area contributed by atoms with Crippen molar-refractivity contribution in [2.45, 2.75) is 19.2 Å². The summed E-state index contributed by atoms with van der Waals surface area (Å²) in [4.78, 5) is 4.48. The van der Waals surface area contributed by atoms with E-state index in [1.165, 1.54) is 0 Å². The third-order valence-electron chi connectivity index (χ3n) is 2.18. The van der Waals surface area contributed by atoms with E-state index in [1.54, 1.807) is 10.9 Å². The topological polar surface area (TPSA) is 30.7 Å². The van der Waals surface area contributed by atoms with Crippen LogP contribution in [-0.2, 0) is 12.3 Å². The zero-order valence-electron chi connectivity index (χ0n) is 8.52. The van der Waals surface area contributed by atoms with Crippen LogP contribution in [0.5, 0.6) is 0 Å². The van der Waals surface area contributed by atoms with Crippen LogP contribution in [-0.4, -0.2) is 14.8 Å². The van der Waals surface area contributed by atoms with E-state index in [9.17, 15) is 0 Å². The number of pyridine rings is 1. The van der Waals surface area contributed by atoms with E-state index in [0.29, 0.717) is 5.88 Å². The average molecular weight is 222 g/mol. The maximum Gasteiger partial charge on any atom is 0.153 e. The molecule has 0 N–H and O–H groups in total. The van der Waals surface area contributed by atoms with Crippen LogP contribution in [0.15, 0.2) is 30.6 Å². The minimum atomic E-state index is 0.504. The van der Waals surface area contributed by atoms with Gasteiger partial charge in [-0.2, -0.15) is 5.10 Å². The number of hydrogen-bond donors (Lipinski definition) is 0. The van der Waals surface area contributed by atoms with E-state index in [-0.39, 0.29) is 0 Å². The highest BCUT2D eigenvalue weighted by Crippen LogP contribution is 2.12. The van der Waals surface area contributed by atoms with Gasteiger partial charge < -0.3 is 0 Å². The van der Waals surface area contributed by atoms with Crippen LogP contribution in [0.4, 0.5) is 0 Å². The summed E-state index contributed by atoms with van der Waals surface area (Å²) in [5, 5.41) is 4.15. The molecule has 0 aliphatic heterocycles. The Morgan fingerprint density at radius 1 is 1.40 bits per heavy atom. The second-order valence-corrected chi connectivity index (χ2v) is 3.53. The number of hydrogen-bond acceptors (Lipinski definition) is 2. The van der Waals surface area contributed by atoms with Crippen LogP contribution >= 0.6 is 11.6 Å². The van der Waals surface area contributed by atoms with E-state index in [4.69, 9.17) is 11.6 Å². The smallest absolute Gasteiger partial charge is 0.153 e. The molecule has 15 heavy (non-hydrogen) atoms. The van der Waals surface area contributed by atoms with Crippen molar-refractivity contribution in [3.63, 3.8) is 0 Å². The lowest BCUT2D eigenvalue weighted by Crippen LogP contribution is -2.01. The molecule has 0 aromatic carbocycles. The monoisotopic (exact) mass is 221 g/mol. The van der Waals surface area contributed by atoms with Gasteiger partial charge in [-0.05, 0) is 30.2 Å². The van der Waals surface area contributed by atoms with Crippen molar-refractivity contribution in [3.05, 3.63) is 41.9 Å². The van der Waals surface area contributed by atoms with Crippen molar-refractivity contribution in [1.82, 2.24) is 14.8 Å². The average Bonchev–Trinajstić information content (AvgIpc) is 2.81. The van der Waals surface area contributed by atoms with Gasteiger partial charge in [0.1, 0.15) is 0 Å². The fourth-order valence-electron chi connectivity index (χ4n) is 1.41. The molecule has 0 fully saturated rings. The van der Waals surface area contributed by atoms with E-state index >= 15 is 0 Å². The zero-order valence-corrected chi connectivity index (χ0v) is 9.28. The molecule has 0 unspecified atom stereocenters. The number of nitrogens with zero attached hydrogens (tertiary/aromatic N) is 3. The molecule has 2 heterocycles. The van der Waals surface area contributed by atoms with E-state index < -0.39 is 0 Å². The zero-order chi connectivity index (χ0) is 10.7. The molecule has 0 radical (unpaired) electrons. The van der Waals surface area contributed by atoms with Crippen LogP contribution in [0.2, 0.25) is 0 Å². The summed E-state index contributed by atoms with van der Waals surface area (Å²) in [6, 6.07) is 5.86. The Kier molecular flexibility index (Phi) is 3.02. The second kappa shape index (κ2) is 4.45. The maximum atomic E-state index is 5.83. The summed E-state index contributed by atoms with van der Waals surface area (Å²) in [6.07, 6.45) is 4.51. The SMILES string of the molecule is CCc1cc(CCl)cc(-n2cccn2)n1. The van der Waals surface area contributed by atoms with Gasteiger partial charge in [0.25, 0.3) is 0 Å². The van der Waals surface area contributed by atoms with Crippen molar-refractivity contribution >= 4 is 11.6 Å². The highest BCUT2D eigenvalue weighted by atomic mass is 35.5. The fourth-order valence-corrected chi connectivity index (χ4v) is 1.57. The van der Waals surface area contributed by atoms with Gasteiger partial charge in [-0.3, -0.25) is 0 Å². The number of aryl methyl sites for hydroxylation is 1. The molecule has 0 bridgehead atoms. The Hall–Kier alpha value is -1.35. The molecular weight excluding hydrogens is 210 g/mol. The standard InChI is InChI=1S/C11H12ClN3/c1-2-10-6-9(8-12)7-11(14-10)15-5-3-4-13-15/h3-7H,2,8H2,1H3. The normalized spacial score (nSPS) is 10.5. The minimum Gasteiger partial charge on any atom is -0.234 e. The van der Waals surface area contributed by atoms with E-state index in [2.05, 4.69) is 17.0 Å². The van der Waals surface area contributed by atoms with Crippen LogP contribution < -0.4 is 0 Å². The Balaban J connectivity index is 2.47. The van der Waals surface area contributed by atoms with Crippen molar-refractivity contribution in [3.8, 4) is 5.82 Å². The Morgan fingerprint density at radius 2 is 2.27 bits per heavy atom. The molecule has 0 aliphatic rings. The quantitative estimate of drug-likeness (QED) is 0.746. The van der Waals surface area contributed by atoms with Gasteiger partial charge in [0, 0.05) is 24.0 Å². The number of alkyl halides is 1.